The SMILES string of the molecule is COc1cccc(OC)c1-c1ccc(CNC(C)C)cc1. The number of rotatable bonds is 6. The van der Waals surface area contributed by atoms with E-state index < -0.39 is 0 Å². The Morgan fingerprint density at radius 1 is 0.905 bits per heavy atom. The van der Waals surface area contributed by atoms with Crippen LogP contribution in [0.15, 0.2) is 42.5 Å². The van der Waals surface area contributed by atoms with Gasteiger partial charge in [0.15, 0.2) is 0 Å². The zero-order chi connectivity index (χ0) is 15.2. The zero-order valence-corrected chi connectivity index (χ0v) is 13.1. The highest BCUT2D eigenvalue weighted by Crippen LogP contribution is 2.38. The third-order valence-corrected chi connectivity index (χ3v) is 3.38. The van der Waals surface area contributed by atoms with Gasteiger partial charge in [-0.05, 0) is 23.3 Å². The summed E-state index contributed by atoms with van der Waals surface area (Å²) >= 11 is 0. The lowest BCUT2D eigenvalue weighted by molar-refractivity contribution is 0.397. The molecule has 1 N–H and O–H groups in total. The first-order valence-electron chi connectivity index (χ1n) is 7.19. The molecule has 0 heterocycles. The molecule has 21 heavy (non-hydrogen) atoms. The molecule has 0 saturated carbocycles. The van der Waals surface area contributed by atoms with Crippen LogP contribution in [0.1, 0.15) is 19.4 Å². The first kappa shape index (κ1) is 15.4. The van der Waals surface area contributed by atoms with Gasteiger partial charge in [0.25, 0.3) is 0 Å². The highest BCUT2D eigenvalue weighted by molar-refractivity contribution is 5.77. The minimum absolute atomic E-state index is 0.485. The highest BCUT2D eigenvalue weighted by atomic mass is 16.5. The summed E-state index contributed by atoms with van der Waals surface area (Å²) in [6.07, 6.45) is 0. The summed E-state index contributed by atoms with van der Waals surface area (Å²) in [6, 6.07) is 14.8. The van der Waals surface area contributed by atoms with Gasteiger partial charge in [0.1, 0.15) is 11.5 Å². The lowest BCUT2D eigenvalue weighted by Crippen LogP contribution is -2.21. The fraction of sp³-hybridized carbons (Fsp3) is 0.333. The van der Waals surface area contributed by atoms with Gasteiger partial charge in [0.05, 0.1) is 19.8 Å². The summed E-state index contributed by atoms with van der Waals surface area (Å²) in [7, 11) is 3.36. The van der Waals surface area contributed by atoms with E-state index in [0.29, 0.717) is 6.04 Å². The Kier molecular flexibility index (Phi) is 5.23. The average molecular weight is 285 g/mol. The maximum atomic E-state index is 5.46. The molecule has 2 aromatic carbocycles. The Bertz CT molecular complexity index is 554. The van der Waals surface area contributed by atoms with E-state index in [4.69, 9.17) is 9.47 Å². The quantitative estimate of drug-likeness (QED) is 0.874. The molecular formula is C18H23NO2. The molecule has 0 radical (unpaired) electrons. The summed E-state index contributed by atoms with van der Waals surface area (Å²) in [5.41, 5.74) is 3.35. The largest absolute Gasteiger partial charge is 0.496 e. The molecule has 0 fully saturated rings. The van der Waals surface area contributed by atoms with Crippen LogP contribution in [0.4, 0.5) is 0 Å². The van der Waals surface area contributed by atoms with Gasteiger partial charge >= 0.3 is 0 Å². The molecule has 0 spiro atoms. The second-order valence-corrected chi connectivity index (χ2v) is 5.27. The summed E-state index contributed by atoms with van der Waals surface area (Å²) in [5, 5.41) is 3.42. The minimum atomic E-state index is 0.485. The molecule has 0 atom stereocenters. The van der Waals surface area contributed by atoms with Crippen LogP contribution in [-0.4, -0.2) is 20.3 Å². The van der Waals surface area contributed by atoms with Gasteiger partial charge in [-0.2, -0.15) is 0 Å². The first-order chi connectivity index (χ1) is 10.2. The molecule has 0 aromatic heterocycles. The molecule has 112 valence electrons. The van der Waals surface area contributed by atoms with Crippen LogP contribution in [0.25, 0.3) is 11.1 Å². The molecule has 0 saturated heterocycles. The van der Waals surface area contributed by atoms with Crippen molar-refractivity contribution in [3.8, 4) is 22.6 Å². The van der Waals surface area contributed by atoms with Gasteiger partial charge < -0.3 is 14.8 Å². The molecule has 0 aliphatic rings. The van der Waals surface area contributed by atoms with E-state index in [1.807, 2.05) is 18.2 Å². The van der Waals surface area contributed by atoms with Gasteiger partial charge in [0.2, 0.25) is 0 Å². The van der Waals surface area contributed by atoms with Crippen molar-refractivity contribution in [1.82, 2.24) is 5.32 Å². The summed E-state index contributed by atoms with van der Waals surface area (Å²) in [6.45, 7) is 5.17. The van der Waals surface area contributed by atoms with Gasteiger partial charge in [-0.15, -0.1) is 0 Å². The van der Waals surface area contributed by atoms with Gasteiger partial charge in [-0.3, -0.25) is 0 Å². The van der Waals surface area contributed by atoms with E-state index in [9.17, 15) is 0 Å². The van der Waals surface area contributed by atoms with Crippen LogP contribution in [0.5, 0.6) is 11.5 Å². The van der Waals surface area contributed by atoms with Crippen molar-refractivity contribution in [2.24, 2.45) is 0 Å². The summed E-state index contributed by atoms with van der Waals surface area (Å²) in [4.78, 5) is 0. The van der Waals surface area contributed by atoms with Crippen LogP contribution in [-0.2, 0) is 6.54 Å². The number of hydrogen-bond acceptors (Lipinski definition) is 3. The Hall–Kier alpha value is -2.00. The van der Waals surface area contributed by atoms with E-state index in [1.54, 1.807) is 14.2 Å². The van der Waals surface area contributed by atoms with Crippen LogP contribution in [0.2, 0.25) is 0 Å². The monoisotopic (exact) mass is 285 g/mol. The number of nitrogens with one attached hydrogen (secondary N) is 1. The Morgan fingerprint density at radius 3 is 1.95 bits per heavy atom. The Labute approximate surface area is 126 Å². The smallest absolute Gasteiger partial charge is 0.130 e. The summed E-state index contributed by atoms with van der Waals surface area (Å²) in [5.74, 6) is 1.64. The second kappa shape index (κ2) is 7.14. The predicted octanol–water partition coefficient (Wildman–Crippen LogP) is 3.87. The number of methoxy groups -OCH3 is 2. The molecule has 3 nitrogen and oxygen atoms in total. The van der Waals surface area contributed by atoms with E-state index in [0.717, 1.165) is 29.2 Å². The maximum absolute atomic E-state index is 5.46. The van der Waals surface area contributed by atoms with E-state index in [1.165, 1.54) is 5.56 Å². The van der Waals surface area contributed by atoms with Crippen molar-refractivity contribution < 1.29 is 9.47 Å². The van der Waals surface area contributed by atoms with E-state index >= 15 is 0 Å². The van der Waals surface area contributed by atoms with Crippen LogP contribution in [0.3, 0.4) is 0 Å². The summed E-state index contributed by atoms with van der Waals surface area (Å²) < 4.78 is 10.9. The van der Waals surface area contributed by atoms with Crippen LogP contribution < -0.4 is 14.8 Å². The highest BCUT2D eigenvalue weighted by Gasteiger charge is 2.11. The van der Waals surface area contributed by atoms with Crippen molar-refractivity contribution in [3.05, 3.63) is 48.0 Å². The minimum Gasteiger partial charge on any atom is -0.496 e. The molecule has 0 aliphatic heterocycles. The van der Waals surface area contributed by atoms with Gasteiger partial charge in [-0.1, -0.05) is 44.2 Å². The number of benzene rings is 2. The normalized spacial score (nSPS) is 10.7. The van der Waals surface area contributed by atoms with E-state index in [2.05, 4.69) is 43.4 Å². The first-order valence-corrected chi connectivity index (χ1v) is 7.19. The average Bonchev–Trinajstić information content (AvgIpc) is 2.52. The lowest BCUT2D eigenvalue weighted by atomic mass is 10.0. The third kappa shape index (κ3) is 3.76. The molecular weight excluding hydrogens is 262 g/mol. The standard InChI is InChI=1S/C18H23NO2/c1-13(2)19-12-14-8-10-15(11-9-14)18-16(20-3)6-5-7-17(18)21-4/h5-11,13,19H,12H2,1-4H3. The van der Waals surface area contributed by atoms with Crippen molar-refractivity contribution in [1.29, 1.82) is 0 Å². The van der Waals surface area contributed by atoms with E-state index in [-0.39, 0.29) is 0 Å². The van der Waals surface area contributed by atoms with Crippen LogP contribution >= 0.6 is 0 Å². The Balaban J connectivity index is 2.30. The molecule has 0 unspecified atom stereocenters. The topological polar surface area (TPSA) is 30.5 Å². The van der Waals surface area contributed by atoms with Gasteiger partial charge in [0, 0.05) is 12.6 Å². The predicted molar refractivity (Wildman–Crippen MR) is 87.0 cm³/mol. The molecule has 0 amide bonds. The van der Waals surface area contributed by atoms with Crippen molar-refractivity contribution in [2.45, 2.75) is 26.4 Å². The lowest BCUT2D eigenvalue weighted by Gasteiger charge is -2.14. The third-order valence-electron chi connectivity index (χ3n) is 3.38. The molecule has 0 aliphatic carbocycles. The maximum Gasteiger partial charge on any atom is 0.130 e. The number of hydrogen-bond donors (Lipinski definition) is 1. The van der Waals surface area contributed by atoms with Crippen molar-refractivity contribution >= 4 is 0 Å². The fourth-order valence-corrected chi connectivity index (χ4v) is 2.25. The number of ether oxygens (including phenoxy) is 2. The fourth-order valence-electron chi connectivity index (χ4n) is 2.25. The molecule has 3 heteroatoms. The van der Waals surface area contributed by atoms with Gasteiger partial charge in [-0.25, -0.2) is 0 Å². The van der Waals surface area contributed by atoms with Crippen LogP contribution in [0, 0.1) is 0 Å². The molecule has 2 aromatic rings. The van der Waals surface area contributed by atoms with Crippen molar-refractivity contribution in [2.75, 3.05) is 14.2 Å². The molecule has 0 bridgehead atoms. The Morgan fingerprint density at radius 2 is 1.48 bits per heavy atom. The van der Waals surface area contributed by atoms with Crippen molar-refractivity contribution in [3.63, 3.8) is 0 Å². The molecule has 2 rings (SSSR count). The second-order valence-electron chi connectivity index (χ2n) is 5.27. The zero-order valence-electron chi connectivity index (χ0n) is 13.1.